The van der Waals surface area contributed by atoms with Crippen LogP contribution in [0.15, 0.2) is 24.3 Å². The van der Waals surface area contributed by atoms with E-state index in [9.17, 15) is 4.79 Å². The van der Waals surface area contributed by atoms with E-state index in [4.69, 9.17) is 16.7 Å². The minimum Gasteiger partial charge on any atom is -0.481 e. The molecule has 4 heteroatoms. The van der Waals surface area contributed by atoms with Crippen molar-refractivity contribution in [2.45, 2.75) is 13.0 Å². The van der Waals surface area contributed by atoms with Crippen molar-refractivity contribution in [3.8, 4) is 0 Å². The van der Waals surface area contributed by atoms with Crippen LogP contribution in [0.5, 0.6) is 0 Å². The van der Waals surface area contributed by atoms with E-state index in [1.54, 1.807) is 0 Å². The number of benzene rings is 1. The van der Waals surface area contributed by atoms with E-state index in [1.807, 2.05) is 24.3 Å². The zero-order valence-corrected chi connectivity index (χ0v) is 9.65. The number of carboxylic acids is 1. The number of carbonyl (C=O) groups is 1. The number of aliphatic carboxylic acids is 1. The number of hydrogen-bond donors (Lipinski definition) is 1. The van der Waals surface area contributed by atoms with Crippen molar-refractivity contribution in [3.63, 3.8) is 0 Å². The molecule has 2 rings (SSSR count). The highest BCUT2D eigenvalue weighted by molar-refractivity contribution is 6.31. The van der Waals surface area contributed by atoms with Gasteiger partial charge in [0.2, 0.25) is 0 Å². The Hall–Kier alpha value is -1.06. The highest BCUT2D eigenvalue weighted by Gasteiger charge is 2.27. The van der Waals surface area contributed by atoms with Crippen molar-refractivity contribution in [2.24, 2.45) is 5.92 Å². The first-order valence-electron chi connectivity index (χ1n) is 5.35. The molecule has 0 aliphatic carbocycles. The molecule has 0 spiro atoms. The Morgan fingerprint density at radius 1 is 1.50 bits per heavy atom. The molecule has 0 aromatic heterocycles. The summed E-state index contributed by atoms with van der Waals surface area (Å²) in [6.07, 6.45) is 0.736. The molecule has 0 bridgehead atoms. The van der Waals surface area contributed by atoms with E-state index in [0.717, 1.165) is 30.1 Å². The second-order valence-corrected chi connectivity index (χ2v) is 4.56. The van der Waals surface area contributed by atoms with Gasteiger partial charge in [0.15, 0.2) is 0 Å². The smallest absolute Gasteiger partial charge is 0.307 e. The molecule has 16 heavy (non-hydrogen) atoms. The molecule has 86 valence electrons. The third-order valence-corrected chi connectivity index (χ3v) is 3.34. The second kappa shape index (κ2) is 4.85. The van der Waals surface area contributed by atoms with Crippen molar-refractivity contribution in [1.29, 1.82) is 0 Å². The van der Waals surface area contributed by atoms with Crippen LogP contribution < -0.4 is 0 Å². The maximum absolute atomic E-state index is 10.8. The van der Waals surface area contributed by atoms with Crippen LogP contribution in [0.2, 0.25) is 5.02 Å². The van der Waals surface area contributed by atoms with Crippen molar-refractivity contribution >= 4 is 17.6 Å². The predicted octanol–water partition coefficient (Wildman–Crippen LogP) is 2.25. The fourth-order valence-electron chi connectivity index (χ4n) is 2.05. The maximum Gasteiger partial charge on any atom is 0.307 e. The third-order valence-electron chi connectivity index (χ3n) is 2.97. The molecule has 0 amide bonds. The summed E-state index contributed by atoms with van der Waals surface area (Å²) < 4.78 is 0. The zero-order valence-electron chi connectivity index (χ0n) is 8.90. The summed E-state index contributed by atoms with van der Waals surface area (Å²) in [7, 11) is 0. The summed E-state index contributed by atoms with van der Waals surface area (Å²) in [6, 6.07) is 7.69. The van der Waals surface area contributed by atoms with E-state index >= 15 is 0 Å². The molecule has 1 unspecified atom stereocenters. The largest absolute Gasteiger partial charge is 0.481 e. The minimum atomic E-state index is -0.693. The molecular weight excluding hydrogens is 226 g/mol. The molecule has 1 fully saturated rings. The van der Waals surface area contributed by atoms with Gasteiger partial charge in [-0.2, -0.15) is 0 Å². The van der Waals surface area contributed by atoms with Crippen LogP contribution in [0.4, 0.5) is 0 Å². The number of carboxylic acid groups (broad SMARTS) is 1. The lowest BCUT2D eigenvalue weighted by molar-refractivity contribution is -0.141. The molecule has 1 atom stereocenters. The average molecular weight is 240 g/mol. The van der Waals surface area contributed by atoms with E-state index in [-0.39, 0.29) is 5.92 Å². The van der Waals surface area contributed by atoms with Gasteiger partial charge in [0.05, 0.1) is 5.92 Å². The first-order chi connectivity index (χ1) is 7.66. The van der Waals surface area contributed by atoms with Gasteiger partial charge in [-0.05, 0) is 24.6 Å². The summed E-state index contributed by atoms with van der Waals surface area (Å²) in [5, 5.41) is 9.65. The first-order valence-corrected chi connectivity index (χ1v) is 5.73. The van der Waals surface area contributed by atoms with Crippen LogP contribution in [0.1, 0.15) is 12.0 Å². The summed E-state index contributed by atoms with van der Waals surface area (Å²) in [4.78, 5) is 13.0. The number of halogens is 1. The SMILES string of the molecule is O=C(O)C1CCN(Cc2ccccc2Cl)C1. The summed E-state index contributed by atoms with van der Waals surface area (Å²) >= 11 is 6.06. The minimum absolute atomic E-state index is 0.220. The third kappa shape index (κ3) is 2.54. The fourth-order valence-corrected chi connectivity index (χ4v) is 2.24. The number of rotatable bonds is 3. The van der Waals surface area contributed by atoms with Gasteiger partial charge >= 0.3 is 5.97 Å². The van der Waals surface area contributed by atoms with E-state index < -0.39 is 5.97 Å². The molecule has 1 aliphatic heterocycles. The van der Waals surface area contributed by atoms with Crippen molar-refractivity contribution in [3.05, 3.63) is 34.9 Å². The van der Waals surface area contributed by atoms with Gasteiger partial charge < -0.3 is 5.11 Å². The molecule has 1 aliphatic rings. The van der Waals surface area contributed by atoms with Crippen LogP contribution in [-0.2, 0) is 11.3 Å². The van der Waals surface area contributed by atoms with E-state index in [2.05, 4.69) is 4.90 Å². The summed E-state index contributed by atoms with van der Waals surface area (Å²) in [6.45, 7) is 2.20. The Morgan fingerprint density at radius 3 is 2.88 bits per heavy atom. The second-order valence-electron chi connectivity index (χ2n) is 4.15. The molecule has 0 radical (unpaired) electrons. The quantitative estimate of drug-likeness (QED) is 0.880. The molecule has 1 heterocycles. The Morgan fingerprint density at radius 2 is 2.25 bits per heavy atom. The van der Waals surface area contributed by atoms with Gasteiger partial charge in [-0.15, -0.1) is 0 Å². The summed E-state index contributed by atoms with van der Waals surface area (Å²) in [5.41, 5.74) is 1.07. The Labute approximate surface area is 99.6 Å². The van der Waals surface area contributed by atoms with Gasteiger partial charge in [0, 0.05) is 18.1 Å². The molecule has 3 nitrogen and oxygen atoms in total. The van der Waals surface area contributed by atoms with Crippen LogP contribution in [-0.4, -0.2) is 29.1 Å². The lowest BCUT2D eigenvalue weighted by Crippen LogP contribution is -2.22. The summed E-state index contributed by atoms with van der Waals surface area (Å²) in [5.74, 6) is -0.913. The van der Waals surface area contributed by atoms with Crippen LogP contribution >= 0.6 is 11.6 Å². The van der Waals surface area contributed by atoms with E-state index in [1.165, 1.54) is 0 Å². The number of hydrogen-bond acceptors (Lipinski definition) is 2. The number of likely N-dealkylation sites (tertiary alicyclic amines) is 1. The van der Waals surface area contributed by atoms with Crippen molar-refractivity contribution in [2.75, 3.05) is 13.1 Å². The van der Waals surface area contributed by atoms with Crippen molar-refractivity contribution in [1.82, 2.24) is 4.90 Å². The number of nitrogens with zero attached hydrogens (tertiary/aromatic N) is 1. The van der Waals surface area contributed by atoms with Gasteiger partial charge in [-0.3, -0.25) is 9.69 Å². The Kier molecular flexibility index (Phi) is 3.46. The molecule has 1 aromatic carbocycles. The fraction of sp³-hybridized carbons (Fsp3) is 0.417. The van der Waals surface area contributed by atoms with Gasteiger partial charge in [-0.1, -0.05) is 29.8 Å². The predicted molar refractivity (Wildman–Crippen MR) is 62.5 cm³/mol. The van der Waals surface area contributed by atoms with Gasteiger partial charge in [0.1, 0.15) is 0 Å². The standard InChI is InChI=1S/C12H14ClNO2/c13-11-4-2-1-3-9(11)7-14-6-5-10(8-14)12(15)16/h1-4,10H,5-8H2,(H,15,16). The van der Waals surface area contributed by atoms with Gasteiger partial charge in [-0.25, -0.2) is 0 Å². The molecule has 1 saturated heterocycles. The molecular formula is C12H14ClNO2. The van der Waals surface area contributed by atoms with Crippen LogP contribution in [0.25, 0.3) is 0 Å². The van der Waals surface area contributed by atoms with Crippen LogP contribution in [0, 0.1) is 5.92 Å². The zero-order chi connectivity index (χ0) is 11.5. The Bertz CT molecular complexity index is 394. The lowest BCUT2D eigenvalue weighted by atomic mass is 10.1. The van der Waals surface area contributed by atoms with Crippen LogP contribution in [0.3, 0.4) is 0 Å². The Balaban J connectivity index is 1.97. The monoisotopic (exact) mass is 239 g/mol. The van der Waals surface area contributed by atoms with Crippen molar-refractivity contribution < 1.29 is 9.90 Å². The highest BCUT2D eigenvalue weighted by Crippen LogP contribution is 2.22. The molecule has 1 N–H and O–H groups in total. The topological polar surface area (TPSA) is 40.5 Å². The maximum atomic E-state index is 10.8. The van der Waals surface area contributed by atoms with E-state index in [0.29, 0.717) is 6.54 Å². The normalized spacial score (nSPS) is 21.2. The molecule has 1 aromatic rings. The lowest BCUT2D eigenvalue weighted by Gasteiger charge is -2.15. The van der Waals surface area contributed by atoms with Gasteiger partial charge in [0.25, 0.3) is 0 Å². The average Bonchev–Trinajstić information content (AvgIpc) is 2.70. The highest BCUT2D eigenvalue weighted by atomic mass is 35.5. The molecule has 0 saturated carbocycles. The first kappa shape index (κ1) is 11.4.